The van der Waals surface area contributed by atoms with Gasteiger partial charge >= 0.3 is 7.12 Å². The Morgan fingerprint density at radius 2 is 2.05 bits per heavy atom. The summed E-state index contributed by atoms with van der Waals surface area (Å²) in [5, 5.41) is 18.9. The number of ether oxygens (including phenoxy) is 1. The fourth-order valence-corrected chi connectivity index (χ4v) is 2.27. The van der Waals surface area contributed by atoms with Gasteiger partial charge in [-0.2, -0.15) is 0 Å². The molecule has 0 bridgehead atoms. The molecule has 2 rings (SSSR count). The Hall–Kier alpha value is -1.44. The van der Waals surface area contributed by atoms with Gasteiger partial charge in [-0.25, -0.2) is 4.98 Å². The number of hydrogen-bond acceptors (Lipinski definition) is 5. The number of thioether (sulfide) groups is 1. The maximum Gasteiger partial charge on any atom is 0.488 e. The first-order valence-corrected chi connectivity index (χ1v) is 6.84. The van der Waals surface area contributed by atoms with E-state index in [2.05, 4.69) is 4.98 Å². The van der Waals surface area contributed by atoms with E-state index in [0.29, 0.717) is 17.8 Å². The zero-order valence-corrected chi connectivity index (χ0v) is 11.4. The van der Waals surface area contributed by atoms with Gasteiger partial charge < -0.3 is 19.4 Å². The van der Waals surface area contributed by atoms with Gasteiger partial charge in [-0.15, -0.1) is 0 Å². The minimum Gasteiger partial charge on any atom is -0.493 e. The van der Waals surface area contributed by atoms with Crippen LogP contribution >= 0.6 is 11.8 Å². The largest absolute Gasteiger partial charge is 0.493 e. The summed E-state index contributed by atoms with van der Waals surface area (Å²) < 4.78 is 7.52. The second-order valence-corrected chi connectivity index (χ2v) is 5.02. The molecule has 0 aliphatic rings. The Morgan fingerprint density at radius 1 is 1.32 bits per heavy atom. The molecule has 0 aliphatic carbocycles. The standard InChI is InChI=1S/C12H15BN2O3S/c1-15-7-6-14-12(15)19-9-8-18-11-4-2-10(3-5-11)13(16)17/h2-7,16-17H,8-9H2,1H3. The summed E-state index contributed by atoms with van der Waals surface area (Å²) >= 11 is 1.63. The van der Waals surface area contributed by atoms with Crippen LogP contribution in [0.25, 0.3) is 0 Å². The van der Waals surface area contributed by atoms with Crippen molar-refractivity contribution in [1.82, 2.24) is 9.55 Å². The molecule has 2 aromatic rings. The average molecular weight is 278 g/mol. The normalized spacial score (nSPS) is 10.5. The molecular weight excluding hydrogens is 263 g/mol. The van der Waals surface area contributed by atoms with E-state index in [1.807, 2.05) is 17.8 Å². The summed E-state index contributed by atoms with van der Waals surface area (Å²) in [6.07, 6.45) is 3.67. The lowest BCUT2D eigenvalue weighted by Crippen LogP contribution is -2.29. The summed E-state index contributed by atoms with van der Waals surface area (Å²) in [4.78, 5) is 4.21. The molecule has 7 heteroatoms. The van der Waals surface area contributed by atoms with E-state index in [-0.39, 0.29) is 0 Å². The van der Waals surface area contributed by atoms with E-state index in [0.717, 1.165) is 10.9 Å². The van der Waals surface area contributed by atoms with Gasteiger partial charge in [-0.05, 0) is 17.6 Å². The van der Waals surface area contributed by atoms with Gasteiger partial charge in [0.05, 0.1) is 6.61 Å². The second-order valence-electron chi connectivity index (χ2n) is 3.96. The van der Waals surface area contributed by atoms with Crippen molar-refractivity contribution in [2.24, 2.45) is 7.05 Å². The van der Waals surface area contributed by atoms with Gasteiger partial charge in [-0.3, -0.25) is 0 Å². The Balaban J connectivity index is 1.75. The molecule has 0 atom stereocenters. The first-order valence-electron chi connectivity index (χ1n) is 5.86. The van der Waals surface area contributed by atoms with E-state index in [4.69, 9.17) is 14.8 Å². The Kier molecular flexibility index (Phi) is 4.89. The molecule has 0 unspecified atom stereocenters. The number of hydrogen-bond donors (Lipinski definition) is 2. The highest BCUT2D eigenvalue weighted by atomic mass is 32.2. The van der Waals surface area contributed by atoms with Crippen LogP contribution in [0.1, 0.15) is 0 Å². The van der Waals surface area contributed by atoms with Crippen molar-refractivity contribution in [3.05, 3.63) is 36.7 Å². The summed E-state index contributed by atoms with van der Waals surface area (Å²) in [5.41, 5.74) is 0.453. The third kappa shape index (κ3) is 4.02. The van der Waals surface area contributed by atoms with Gasteiger partial charge in [0.15, 0.2) is 5.16 Å². The van der Waals surface area contributed by atoms with Crippen LogP contribution in [-0.2, 0) is 7.05 Å². The molecule has 100 valence electrons. The van der Waals surface area contributed by atoms with Gasteiger partial charge in [0.2, 0.25) is 0 Å². The molecule has 0 amide bonds. The zero-order valence-electron chi connectivity index (χ0n) is 10.6. The van der Waals surface area contributed by atoms with Crippen LogP contribution in [0.3, 0.4) is 0 Å². The van der Waals surface area contributed by atoms with Crippen molar-refractivity contribution >= 4 is 24.3 Å². The fourth-order valence-electron chi connectivity index (χ4n) is 1.52. The number of aromatic nitrogens is 2. The lowest BCUT2D eigenvalue weighted by atomic mass is 9.80. The highest BCUT2D eigenvalue weighted by molar-refractivity contribution is 7.99. The molecular formula is C12H15BN2O3S. The van der Waals surface area contributed by atoms with Crippen LogP contribution in [0.4, 0.5) is 0 Å². The molecule has 0 radical (unpaired) electrons. The maximum absolute atomic E-state index is 8.96. The van der Waals surface area contributed by atoms with Crippen LogP contribution < -0.4 is 10.2 Å². The summed E-state index contributed by atoms with van der Waals surface area (Å²) in [6.45, 7) is 0.568. The monoisotopic (exact) mass is 278 g/mol. The van der Waals surface area contributed by atoms with Crippen LogP contribution in [0.2, 0.25) is 0 Å². The maximum atomic E-state index is 8.96. The minimum absolute atomic E-state index is 0.453. The van der Waals surface area contributed by atoms with Crippen molar-refractivity contribution < 1.29 is 14.8 Å². The molecule has 19 heavy (non-hydrogen) atoms. The fraction of sp³-hybridized carbons (Fsp3) is 0.250. The summed E-state index contributed by atoms with van der Waals surface area (Å²) in [5.74, 6) is 1.51. The number of benzene rings is 1. The molecule has 2 N–H and O–H groups in total. The molecule has 1 aromatic carbocycles. The van der Waals surface area contributed by atoms with Crippen LogP contribution in [0, 0.1) is 0 Å². The molecule has 0 aliphatic heterocycles. The predicted molar refractivity (Wildman–Crippen MR) is 75.7 cm³/mol. The lowest BCUT2D eigenvalue weighted by Gasteiger charge is -2.07. The van der Waals surface area contributed by atoms with Crippen LogP contribution in [-0.4, -0.2) is 39.1 Å². The van der Waals surface area contributed by atoms with E-state index in [1.165, 1.54) is 0 Å². The smallest absolute Gasteiger partial charge is 0.488 e. The van der Waals surface area contributed by atoms with Crippen molar-refractivity contribution in [2.75, 3.05) is 12.4 Å². The van der Waals surface area contributed by atoms with Crippen molar-refractivity contribution in [1.29, 1.82) is 0 Å². The van der Waals surface area contributed by atoms with Crippen LogP contribution in [0.15, 0.2) is 41.8 Å². The minimum atomic E-state index is -1.44. The SMILES string of the molecule is Cn1ccnc1SCCOc1ccc(B(O)O)cc1. The average Bonchev–Trinajstić information content (AvgIpc) is 2.81. The second kappa shape index (κ2) is 6.65. The quantitative estimate of drug-likeness (QED) is 0.451. The van der Waals surface area contributed by atoms with E-state index >= 15 is 0 Å². The van der Waals surface area contributed by atoms with Gasteiger partial charge in [0.1, 0.15) is 5.75 Å². The van der Waals surface area contributed by atoms with Crippen molar-refractivity contribution in [3.8, 4) is 5.75 Å². The summed E-state index contributed by atoms with van der Waals surface area (Å²) in [6, 6.07) is 6.71. The summed E-state index contributed by atoms with van der Waals surface area (Å²) in [7, 11) is 0.516. The third-order valence-electron chi connectivity index (χ3n) is 2.54. The molecule has 5 nitrogen and oxygen atoms in total. The Morgan fingerprint density at radius 3 is 2.63 bits per heavy atom. The van der Waals surface area contributed by atoms with Gasteiger partial charge in [0.25, 0.3) is 0 Å². The molecule has 0 fully saturated rings. The number of rotatable bonds is 6. The molecule has 0 spiro atoms. The van der Waals surface area contributed by atoms with Gasteiger partial charge in [0, 0.05) is 25.2 Å². The zero-order chi connectivity index (χ0) is 13.7. The predicted octanol–water partition coefficient (Wildman–Crippen LogP) is 0.271. The highest BCUT2D eigenvalue weighted by Gasteiger charge is 2.09. The number of aryl methyl sites for hydroxylation is 1. The van der Waals surface area contributed by atoms with Gasteiger partial charge in [-0.1, -0.05) is 23.9 Å². The van der Waals surface area contributed by atoms with E-state index < -0.39 is 7.12 Å². The molecule has 0 saturated carbocycles. The molecule has 1 aromatic heterocycles. The molecule has 1 heterocycles. The Labute approximate surface area is 116 Å². The van der Waals surface area contributed by atoms with Crippen molar-refractivity contribution in [2.45, 2.75) is 5.16 Å². The highest BCUT2D eigenvalue weighted by Crippen LogP contribution is 2.15. The van der Waals surface area contributed by atoms with Crippen LogP contribution in [0.5, 0.6) is 5.75 Å². The molecule has 0 saturated heterocycles. The first kappa shape index (κ1) is 14.0. The first-order chi connectivity index (χ1) is 9.16. The number of imidazole rings is 1. The number of nitrogens with zero attached hydrogens (tertiary/aromatic N) is 2. The third-order valence-corrected chi connectivity index (χ3v) is 3.56. The Bertz CT molecular complexity index is 516. The van der Waals surface area contributed by atoms with Crippen molar-refractivity contribution in [3.63, 3.8) is 0 Å². The van der Waals surface area contributed by atoms with E-state index in [1.54, 1.807) is 42.2 Å². The lowest BCUT2D eigenvalue weighted by molar-refractivity contribution is 0.344. The topological polar surface area (TPSA) is 67.5 Å². The van der Waals surface area contributed by atoms with E-state index in [9.17, 15) is 0 Å².